The first-order valence-corrected chi connectivity index (χ1v) is 5.56. The fourth-order valence-corrected chi connectivity index (χ4v) is 2.76. The standard InChI is InChI=1S/C10H13ClN4/c1-14-5-8-2-7(14)6-15(8)10-4-12-3-9(11)13-10/h3-4,7-8H,2,5-6H2,1H3. The molecule has 0 N–H and O–H groups in total. The van der Waals surface area contributed by atoms with Crippen molar-refractivity contribution in [2.45, 2.75) is 18.5 Å². The molecule has 0 aliphatic carbocycles. The lowest BCUT2D eigenvalue weighted by Crippen LogP contribution is -2.44. The summed E-state index contributed by atoms with van der Waals surface area (Å²) >= 11 is 5.84. The third-order valence-corrected chi connectivity index (χ3v) is 3.58. The number of fused-ring (bicyclic) bond motifs is 2. The van der Waals surface area contributed by atoms with E-state index in [9.17, 15) is 0 Å². The zero-order chi connectivity index (χ0) is 10.4. The lowest BCUT2D eigenvalue weighted by molar-refractivity contribution is 0.292. The van der Waals surface area contributed by atoms with Crippen LogP contribution in [0.4, 0.5) is 5.82 Å². The topological polar surface area (TPSA) is 32.3 Å². The molecule has 2 saturated heterocycles. The van der Waals surface area contributed by atoms with Gasteiger partial charge >= 0.3 is 0 Å². The van der Waals surface area contributed by atoms with Crippen molar-refractivity contribution in [2.24, 2.45) is 0 Å². The van der Waals surface area contributed by atoms with Crippen LogP contribution in [0.2, 0.25) is 5.15 Å². The molecule has 1 aromatic rings. The first-order valence-electron chi connectivity index (χ1n) is 5.18. The Balaban J connectivity index is 1.86. The van der Waals surface area contributed by atoms with Gasteiger partial charge in [0, 0.05) is 25.2 Å². The van der Waals surface area contributed by atoms with Gasteiger partial charge in [0.15, 0.2) is 0 Å². The van der Waals surface area contributed by atoms with Crippen molar-refractivity contribution in [3.05, 3.63) is 17.5 Å². The van der Waals surface area contributed by atoms with Gasteiger partial charge in [0.05, 0.1) is 12.4 Å². The van der Waals surface area contributed by atoms with E-state index in [1.54, 1.807) is 12.4 Å². The monoisotopic (exact) mass is 224 g/mol. The molecule has 0 radical (unpaired) electrons. The van der Waals surface area contributed by atoms with Crippen LogP contribution in [0.25, 0.3) is 0 Å². The molecule has 3 heterocycles. The lowest BCUT2D eigenvalue weighted by Gasteiger charge is -2.32. The van der Waals surface area contributed by atoms with E-state index in [4.69, 9.17) is 11.6 Å². The summed E-state index contributed by atoms with van der Waals surface area (Å²) < 4.78 is 0. The van der Waals surface area contributed by atoms with E-state index < -0.39 is 0 Å². The van der Waals surface area contributed by atoms with E-state index in [0.717, 1.165) is 18.9 Å². The summed E-state index contributed by atoms with van der Waals surface area (Å²) in [4.78, 5) is 13.1. The van der Waals surface area contributed by atoms with Crippen molar-refractivity contribution in [3.63, 3.8) is 0 Å². The second kappa shape index (κ2) is 3.32. The Kier molecular flexibility index (Phi) is 2.07. The van der Waals surface area contributed by atoms with Crippen LogP contribution in [-0.4, -0.2) is 47.1 Å². The molecule has 15 heavy (non-hydrogen) atoms. The number of hydrogen-bond donors (Lipinski definition) is 0. The number of piperazine rings is 1. The molecule has 0 spiro atoms. The molecule has 0 saturated carbocycles. The van der Waals surface area contributed by atoms with Gasteiger partial charge in [0.25, 0.3) is 0 Å². The zero-order valence-corrected chi connectivity index (χ0v) is 9.35. The van der Waals surface area contributed by atoms with E-state index in [-0.39, 0.29) is 0 Å². The van der Waals surface area contributed by atoms with Gasteiger partial charge in [0.1, 0.15) is 11.0 Å². The second-order valence-electron chi connectivity index (χ2n) is 4.34. The minimum atomic E-state index is 0.476. The highest BCUT2D eigenvalue weighted by molar-refractivity contribution is 6.29. The normalized spacial score (nSPS) is 30.1. The van der Waals surface area contributed by atoms with Gasteiger partial charge in [-0.25, -0.2) is 4.98 Å². The van der Waals surface area contributed by atoms with E-state index in [1.165, 1.54) is 6.42 Å². The quantitative estimate of drug-likeness (QED) is 0.713. The molecule has 4 nitrogen and oxygen atoms in total. The molecule has 0 amide bonds. The number of aromatic nitrogens is 2. The van der Waals surface area contributed by atoms with Crippen molar-refractivity contribution in [1.29, 1.82) is 0 Å². The first-order chi connectivity index (χ1) is 7.24. The predicted octanol–water partition coefficient (Wildman–Crippen LogP) is 1.02. The summed E-state index contributed by atoms with van der Waals surface area (Å²) in [5.74, 6) is 0.920. The second-order valence-corrected chi connectivity index (χ2v) is 4.72. The number of rotatable bonds is 1. The van der Waals surface area contributed by atoms with Gasteiger partial charge in [-0.1, -0.05) is 11.6 Å². The van der Waals surface area contributed by atoms with Crippen LogP contribution in [-0.2, 0) is 0 Å². The van der Waals surface area contributed by atoms with Crippen molar-refractivity contribution >= 4 is 17.4 Å². The maximum Gasteiger partial charge on any atom is 0.149 e. The smallest absolute Gasteiger partial charge is 0.149 e. The zero-order valence-electron chi connectivity index (χ0n) is 8.60. The van der Waals surface area contributed by atoms with Crippen LogP contribution in [0, 0.1) is 0 Å². The number of likely N-dealkylation sites (tertiary alicyclic amines) is 1. The highest BCUT2D eigenvalue weighted by Gasteiger charge is 2.41. The fraction of sp³-hybridized carbons (Fsp3) is 0.600. The van der Waals surface area contributed by atoms with Crippen molar-refractivity contribution in [1.82, 2.24) is 14.9 Å². The van der Waals surface area contributed by atoms with Gasteiger partial charge in [-0.3, -0.25) is 9.88 Å². The van der Waals surface area contributed by atoms with Gasteiger partial charge < -0.3 is 4.90 Å². The Labute approximate surface area is 93.9 Å². The molecule has 80 valence electrons. The summed E-state index contributed by atoms with van der Waals surface area (Å²) in [6.45, 7) is 2.18. The Morgan fingerprint density at radius 3 is 2.80 bits per heavy atom. The van der Waals surface area contributed by atoms with E-state index in [1.807, 2.05) is 0 Å². The van der Waals surface area contributed by atoms with E-state index in [2.05, 4.69) is 26.8 Å². The number of anilines is 1. The van der Waals surface area contributed by atoms with E-state index in [0.29, 0.717) is 17.2 Å². The van der Waals surface area contributed by atoms with Crippen molar-refractivity contribution in [3.8, 4) is 0 Å². The number of nitrogens with zero attached hydrogens (tertiary/aromatic N) is 4. The lowest BCUT2D eigenvalue weighted by atomic mass is 10.2. The molecule has 2 unspecified atom stereocenters. The highest BCUT2D eigenvalue weighted by Crippen LogP contribution is 2.32. The predicted molar refractivity (Wildman–Crippen MR) is 59.2 cm³/mol. The Hall–Kier alpha value is -0.870. The summed E-state index contributed by atoms with van der Waals surface area (Å²) in [5, 5.41) is 0.476. The van der Waals surface area contributed by atoms with Gasteiger partial charge in [-0.2, -0.15) is 0 Å². The molecule has 2 bridgehead atoms. The molecule has 2 aliphatic heterocycles. The Morgan fingerprint density at radius 1 is 1.33 bits per heavy atom. The van der Waals surface area contributed by atoms with Crippen molar-refractivity contribution in [2.75, 3.05) is 25.0 Å². The van der Waals surface area contributed by atoms with E-state index >= 15 is 0 Å². The molecular weight excluding hydrogens is 212 g/mol. The average Bonchev–Trinajstić information content (AvgIpc) is 2.76. The van der Waals surface area contributed by atoms with Gasteiger partial charge in [0.2, 0.25) is 0 Å². The SMILES string of the molecule is CN1CC2CC1CN2c1cncc(Cl)n1. The van der Waals surface area contributed by atoms with Crippen LogP contribution in [0.5, 0.6) is 0 Å². The fourth-order valence-electron chi connectivity index (χ4n) is 2.62. The Bertz CT molecular complexity index is 381. The summed E-state index contributed by atoms with van der Waals surface area (Å²) in [6, 6.07) is 1.27. The largest absolute Gasteiger partial charge is 0.349 e. The summed E-state index contributed by atoms with van der Waals surface area (Å²) in [6.07, 6.45) is 4.61. The third kappa shape index (κ3) is 1.48. The molecule has 2 aliphatic rings. The minimum Gasteiger partial charge on any atom is -0.349 e. The first kappa shape index (κ1) is 9.36. The van der Waals surface area contributed by atoms with Gasteiger partial charge in [-0.15, -0.1) is 0 Å². The molecule has 2 fully saturated rings. The van der Waals surface area contributed by atoms with Crippen LogP contribution in [0.15, 0.2) is 12.4 Å². The maximum atomic E-state index is 5.84. The van der Waals surface area contributed by atoms with Gasteiger partial charge in [-0.05, 0) is 13.5 Å². The number of halogens is 1. The van der Waals surface area contributed by atoms with Crippen LogP contribution in [0.1, 0.15) is 6.42 Å². The molecule has 2 atom stereocenters. The third-order valence-electron chi connectivity index (χ3n) is 3.40. The Morgan fingerprint density at radius 2 is 2.20 bits per heavy atom. The molecule has 0 aromatic carbocycles. The average molecular weight is 225 g/mol. The summed E-state index contributed by atoms with van der Waals surface area (Å²) in [5.41, 5.74) is 0. The van der Waals surface area contributed by atoms with Crippen LogP contribution < -0.4 is 4.90 Å². The molecular formula is C10H13ClN4. The highest BCUT2D eigenvalue weighted by atomic mass is 35.5. The number of hydrogen-bond acceptors (Lipinski definition) is 4. The molecule has 5 heteroatoms. The van der Waals surface area contributed by atoms with Crippen LogP contribution >= 0.6 is 11.6 Å². The number of likely N-dealkylation sites (N-methyl/N-ethyl adjacent to an activating group) is 1. The molecule has 3 rings (SSSR count). The molecule has 1 aromatic heterocycles. The maximum absolute atomic E-state index is 5.84. The van der Waals surface area contributed by atoms with Crippen LogP contribution in [0.3, 0.4) is 0 Å². The minimum absolute atomic E-state index is 0.476. The van der Waals surface area contributed by atoms with Crippen molar-refractivity contribution < 1.29 is 0 Å². The summed E-state index contributed by atoms with van der Waals surface area (Å²) in [7, 11) is 2.19.